The lowest BCUT2D eigenvalue weighted by atomic mass is 9.95. The highest BCUT2D eigenvalue weighted by Gasteiger charge is 2.22. The van der Waals surface area contributed by atoms with Crippen LogP contribution < -0.4 is 0 Å². The summed E-state index contributed by atoms with van der Waals surface area (Å²) in [5.41, 5.74) is 1.87. The molecule has 1 saturated carbocycles. The second-order valence-electron chi connectivity index (χ2n) is 5.59. The number of para-hydroxylation sites is 1. The Labute approximate surface area is 130 Å². The molecule has 0 saturated heterocycles. The van der Waals surface area contributed by atoms with E-state index in [2.05, 4.69) is 11.1 Å². The minimum Gasteiger partial charge on any atom is -0.381 e. The molecule has 1 fully saturated rings. The number of benzene rings is 1. The fourth-order valence-electron chi connectivity index (χ4n) is 2.91. The zero-order chi connectivity index (χ0) is 14.7. The molecule has 0 bridgehead atoms. The molecule has 0 spiro atoms. The van der Waals surface area contributed by atoms with Crippen LogP contribution in [0.1, 0.15) is 31.2 Å². The van der Waals surface area contributed by atoms with E-state index < -0.39 is 0 Å². The summed E-state index contributed by atoms with van der Waals surface area (Å²) in [4.78, 5) is 4.43. The van der Waals surface area contributed by atoms with Gasteiger partial charge >= 0.3 is 0 Å². The Morgan fingerprint density at radius 2 is 2.05 bits per heavy atom. The molecular weight excluding hydrogens is 286 g/mol. The molecule has 0 radical (unpaired) electrons. The molecule has 2 atom stereocenters. The first-order chi connectivity index (χ1) is 10.3. The van der Waals surface area contributed by atoms with Crippen LogP contribution in [-0.4, -0.2) is 24.3 Å². The van der Waals surface area contributed by atoms with Crippen LogP contribution in [0.2, 0.25) is 5.15 Å². The topological polar surface area (TPSA) is 31.4 Å². The predicted octanol–water partition coefficient (Wildman–Crippen LogP) is 4.36. The summed E-state index contributed by atoms with van der Waals surface area (Å²) in [6, 6.07) is 10.1. The average molecular weight is 306 g/mol. The van der Waals surface area contributed by atoms with E-state index in [1.165, 1.54) is 0 Å². The maximum Gasteiger partial charge on any atom is 0.135 e. The highest BCUT2D eigenvalue weighted by Crippen LogP contribution is 2.26. The van der Waals surface area contributed by atoms with Crippen LogP contribution in [0.4, 0.5) is 0 Å². The van der Waals surface area contributed by atoms with Crippen LogP contribution in [-0.2, 0) is 16.1 Å². The molecule has 1 aromatic carbocycles. The normalized spacial score (nSPS) is 22.6. The van der Waals surface area contributed by atoms with E-state index in [9.17, 15) is 0 Å². The van der Waals surface area contributed by atoms with E-state index in [-0.39, 0.29) is 6.10 Å². The number of fused-ring (bicyclic) bond motifs is 1. The van der Waals surface area contributed by atoms with Crippen molar-refractivity contribution >= 4 is 22.5 Å². The maximum atomic E-state index is 6.26. The number of rotatable bonds is 4. The van der Waals surface area contributed by atoms with Crippen molar-refractivity contribution in [1.29, 1.82) is 0 Å². The lowest BCUT2D eigenvalue weighted by Crippen LogP contribution is -2.27. The Hall–Kier alpha value is -1.16. The van der Waals surface area contributed by atoms with E-state index in [0.717, 1.165) is 42.1 Å². The number of methoxy groups -OCH3 is 1. The third kappa shape index (κ3) is 3.54. The van der Waals surface area contributed by atoms with Gasteiger partial charge in [-0.2, -0.15) is 0 Å². The van der Waals surface area contributed by atoms with Gasteiger partial charge in [-0.1, -0.05) is 29.8 Å². The Morgan fingerprint density at radius 3 is 2.90 bits per heavy atom. The zero-order valence-electron chi connectivity index (χ0n) is 12.2. The number of pyridine rings is 1. The molecule has 2 aromatic rings. The lowest BCUT2D eigenvalue weighted by Gasteiger charge is -2.28. The van der Waals surface area contributed by atoms with Crippen molar-refractivity contribution in [3.8, 4) is 0 Å². The van der Waals surface area contributed by atoms with Crippen LogP contribution >= 0.6 is 11.6 Å². The lowest BCUT2D eigenvalue weighted by molar-refractivity contribution is -0.0363. The molecule has 0 N–H and O–H groups in total. The highest BCUT2D eigenvalue weighted by molar-refractivity contribution is 6.30. The van der Waals surface area contributed by atoms with Gasteiger partial charge in [0.15, 0.2) is 0 Å². The van der Waals surface area contributed by atoms with E-state index in [1.807, 2.05) is 24.3 Å². The molecule has 21 heavy (non-hydrogen) atoms. The summed E-state index contributed by atoms with van der Waals surface area (Å²) in [6.45, 7) is 0.512. The molecule has 2 unspecified atom stereocenters. The van der Waals surface area contributed by atoms with Gasteiger partial charge in [0.1, 0.15) is 5.15 Å². The summed E-state index contributed by atoms with van der Waals surface area (Å²) in [7, 11) is 1.77. The van der Waals surface area contributed by atoms with Gasteiger partial charge in [-0.3, -0.25) is 0 Å². The van der Waals surface area contributed by atoms with Gasteiger partial charge in [0, 0.05) is 18.1 Å². The standard InChI is InChI=1S/C17H20ClNO2/c1-20-14-6-4-7-15(10-14)21-11-13-9-12-5-2-3-8-16(12)19-17(13)18/h2-3,5,8-9,14-15H,4,6-7,10-11H2,1H3. The maximum absolute atomic E-state index is 6.26. The SMILES string of the molecule is COC1CCCC(OCc2cc3ccccc3nc2Cl)C1. The summed E-state index contributed by atoms with van der Waals surface area (Å²) in [5.74, 6) is 0. The third-order valence-corrected chi connectivity index (χ3v) is 4.46. The van der Waals surface area contributed by atoms with Gasteiger partial charge in [0.25, 0.3) is 0 Å². The van der Waals surface area contributed by atoms with Crippen molar-refractivity contribution in [2.24, 2.45) is 0 Å². The van der Waals surface area contributed by atoms with Crippen molar-refractivity contribution in [3.63, 3.8) is 0 Å². The zero-order valence-corrected chi connectivity index (χ0v) is 13.0. The summed E-state index contributed by atoms with van der Waals surface area (Å²) in [5, 5.41) is 1.63. The molecule has 112 valence electrons. The van der Waals surface area contributed by atoms with Crippen LogP contribution in [0.5, 0.6) is 0 Å². The first kappa shape index (κ1) is 14.8. The van der Waals surface area contributed by atoms with E-state index >= 15 is 0 Å². The molecule has 3 rings (SSSR count). The van der Waals surface area contributed by atoms with Crippen LogP contribution in [0.15, 0.2) is 30.3 Å². The first-order valence-electron chi connectivity index (χ1n) is 7.45. The van der Waals surface area contributed by atoms with Crippen molar-refractivity contribution in [3.05, 3.63) is 41.0 Å². The van der Waals surface area contributed by atoms with Gasteiger partial charge in [0.05, 0.1) is 24.3 Å². The van der Waals surface area contributed by atoms with Crippen molar-refractivity contribution in [1.82, 2.24) is 4.98 Å². The molecule has 3 nitrogen and oxygen atoms in total. The Kier molecular flexibility index (Phi) is 4.73. The predicted molar refractivity (Wildman–Crippen MR) is 84.6 cm³/mol. The van der Waals surface area contributed by atoms with Crippen LogP contribution in [0, 0.1) is 0 Å². The number of ether oxygens (including phenoxy) is 2. The van der Waals surface area contributed by atoms with Crippen molar-refractivity contribution < 1.29 is 9.47 Å². The third-order valence-electron chi connectivity index (χ3n) is 4.14. The molecular formula is C17H20ClNO2. The molecule has 1 aliphatic rings. The van der Waals surface area contributed by atoms with Gasteiger partial charge < -0.3 is 9.47 Å². The molecule has 1 aliphatic carbocycles. The minimum absolute atomic E-state index is 0.256. The van der Waals surface area contributed by atoms with Gasteiger partial charge in [-0.05, 0) is 37.8 Å². The summed E-state index contributed by atoms with van der Waals surface area (Å²) < 4.78 is 11.5. The van der Waals surface area contributed by atoms with Gasteiger partial charge in [-0.25, -0.2) is 4.98 Å². The Bertz CT molecular complexity index is 617. The van der Waals surface area contributed by atoms with E-state index in [0.29, 0.717) is 17.9 Å². The fraction of sp³-hybridized carbons (Fsp3) is 0.471. The quantitative estimate of drug-likeness (QED) is 0.786. The average Bonchev–Trinajstić information content (AvgIpc) is 2.53. The molecule has 4 heteroatoms. The molecule has 1 heterocycles. The molecule has 0 aliphatic heterocycles. The smallest absolute Gasteiger partial charge is 0.135 e. The summed E-state index contributed by atoms with van der Waals surface area (Å²) >= 11 is 6.26. The van der Waals surface area contributed by atoms with Crippen molar-refractivity contribution in [2.75, 3.05) is 7.11 Å². The van der Waals surface area contributed by atoms with Crippen molar-refractivity contribution in [2.45, 2.75) is 44.5 Å². The van der Waals surface area contributed by atoms with E-state index in [1.54, 1.807) is 7.11 Å². The van der Waals surface area contributed by atoms with E-state index in [4.69, 9.17) is 21.1 Å². The first-order valence-corrected chi connectivity index (χ1v) is 7.82. The van der Waals surface area contributed by atoms with Crippen LogP contribution in [0.3, 0.4) is 0 Å². The minimum atomic E-state index is 0.256. The second kappa shape index (κ2) is 6.73. The van der Waals surface area contributed by atoms with Crippen LogP contribution in [0.25, 0.3) is 10.9 Å². The number of hydrogen-bond acceptors (Lipinski definition) is 3. The Morgan fingerprint density at radius 1 is 1.24 bits per heavy atom. The highest BCUT2D eigenvalue weighted by atomic mass is 35.5. The number of nitrogens with zero attached hydrogens (tertiary/aromatic N) is 1. The second-order valence-corrected chi connectivity index (χ2v) is 5.95. The monoisotopic (exact) mass is 305 g/mol. The fourth-order valence-corrected chi connectivity index (χ4v) is 3.11. The van der Waals surface area contributed by atoms with Gasteiger partial charge in [0.2, 0.25) is 0 Å². The number of aromatic nitrogens is 1. The summed E-state index contributed by atoms with van der Waals surface area (Å²) in [6.07, 6.45) is 4.94. The Balaban J connectivity index is 1.68. The number of halogens is 1. The number of hydrogen-bond donors (Lipinski definition) is 0. The largest absolute Gasteiger partial charge is 0.381 e. The molecule has 1 aromatic heterocycles. The molecule has 0 amide bonds. The van der Waals surface area contributed by atoms with Gasteiger partial charge in [-0.15, -0.1) is 0 Å².